The molecule has 1 N–H and O–H groups in total. The van der Waals surface area contributed by atoms with Crippen molar-refractivity contribution in [1.82, 2.24) is 5.32 Å². The summed E-state index contributed by atoms with van der Waals surface area (Å²) in [6.07, 6.45) is 5.90. The quantitative estimate of drug-likeness (QED) is 0.591. The van der Waals surface area contributed by atoms with Gasteiger partial charge in [-0.15, -0.1) is 0 Å². The highest BCUT2D eigenvalue weighted by atomic mass is 32.2. The molecule has 1 aliphatic carbocycles. The third-order valence-corrected chi connectivity index (χ3v) is 4.49. The Balaban J connectivity index is 2.16. The lowest BCUT2D eigenvalue weighted by molar-refractivity contribution is -0.0327. The highest BCUT2D eigenvalue weighted by molar-refractivity contribution is 8.00. The summed E-state index contributed by atoms with van der Waals surface area (Å²) in [5.41, 5.74) is -4.09. The van der Waals surface area contributed by atoms with E-state index >= 15 is 0 Å². The average Bonchev–Trinajstić information content (AvgIpc) is 2.48. The zero-order valence-electron chi connectivity index (χ0n) is 11.2. The summed E-state index contributed by atoms with van der Waals surface area (Å²) in [6.45, 7) is 4.98. The minimum atomic E-state index is -4.09. The van der Waals surface area contributed by atoms with Crippen LogP contribution < -0.4 is 5.32 Å². The lowest BCUT2D eigenvalue weighted by Gasteiger charge is -2.19. The molecular formula is C13H24F3NS. The number of thioether (sulfide) groups is 1. The lowest BCUT2D eigenvalue weighted by atomic mass is 9.89. The molecule has 1 saturated carbocycles. The van der Waals surface area contributed by atoms with Crippen molar-refractivity contribution in [2.24, 2.45) is 11.8 Å². The van der Waals surface area contributed by atoms with Gasteiger partial charge in [0, 0.05) is 18.3 Å². The molecule has 0 amide bonds. The first-order valence-electron chi connectivity index (χ1n) is 6.82. The maximum absolute atomic E-state index is 12.0. The van der Waals surface area contributed by atoms with Crippen LogP contribution in [0.5, 0.6) is 0 Å². The zero-order chi connectivity index (χ0) is 13.6. The standard InChI is InChI=1S/C13H24F3NS/c1-10(2)11-4-3-5-12(7-6-11)17-8-9-18-13(14,15)16/h10-12,17H,3-9H2,1-2H3. The van der Waals surface area contributed by atoms with Gasteiger partial charge in [0.1, 0.15) is 0 Å². The van der Waals surface area contributed by atoms with E-state index in [2.05, 4.69) is 19.2 Å². The Labute approximate surface area is 112 Å². The molecule has 2 atom stereocenters. The molecule has 1 aliphatic rings. The summed E-state index contributed by atoms with van der Waals surface area (Å²) in [5.74, 6) is 1.64. The second kappa shape index (κ2) is 7.63. The predicted molar refractivity (Wildman–Crippen MR) is 71.7 cm³/mol. The first kappa shape index (κ1) is 16.2. The Hall–Kier alpha value is 0.100. The molecule has 1 rings (SSSR count). The summed E-state index contributed by atoms with van der Waals surface area (Å²) in [4.78, 5) is 0. The van der Waals surface area contributed by atoms with Crippen molar-refractivity contribution in [3.63, 3.8) is 0 Å². The van der Waals surface area contributed by atoms with Gasteiger partial charge in [-0.05, 0) is 42.9 Å². The van der Waals surface area contributed by atoms with Crippen LogP contribution in [0.3, 0.4) is 0 Å². The molecule has 1 nitrogen and oxygen atoms in total. The van der Waals surface area contributed by atoms with Gasteiger partial charge >= 0.3 is 5.51 Å². The normalized spacial score (nSPS) is 26.3. The largest absolute Gasteiger partial charge is 0.441 e. The van der Waals surface area contributed by atoms with Crippen molar-refractivity contribution in [2.75, 3.05) is 12.3 Å². The number of alkyl halides is 3. The predicted octanol–water partition coefficient (Wildman–Crippen LogP) is 4.43. The van der Waals surface area contributed by atoms with Crippen molar-refractivity contribution in [1.29, 1.82) is 0 Å². The third kappa shape index (κ3) is 6.88. The number of halogens is 3. The summed E-state index contributed by atoms with van der Waals surface area (Å²) in [7, 11) is 0. The highest BCUT2D eigenvalue weighted by Gasteiger charge is 2.27. The van der Waals surface area contributed by atoms with E-state index in [0.717, 1.165) is 24.7 Å². The Bertz CT molecular complexity index is 231. The highest BCUT2D eigenvalue weighted by Crippen LogP contribution is 2.30. The van der Waals surface area contributed by atoms with Crippen LogP contribution in [0.1, 0.15) is 46.0 Å². The SMILES string of the molecule is CC(C)C1CCCC(NCCSC(F)(F)F)CC1. The van der Waals surface area contributed by atoms with Crippen LogP contribution >= 0.6 is 11.8 Å². The van der Waals surface area contributed by atoms with E-state index in [1.165, 1.54) is 19.3 Å². The van der Waals surface area contributed by atoms with E-state index in [4.69, 9.17) is 0 Å². The Kier molecular flexibility index (Phi) is 6.85. The van der Waals surface area contributed by atoms with Gasteiger partial charge in [-0.1, -0.05) is 26.7 Å². The van der Waals surface area contributed by atoms with Crippen molar-refractivity contribution >= 4 is 11.8 Å². The number of rotatable bonds is 5. The molecule has 0 aromatic carbocycles. The van der Waals surface area contributed by atoms with Crippen molar-refractivity contribution in [2.45, 2.75) is 57.5 Å². The van der Waals surface area contributed by atoms with Gasteiger partial charge in [0.05, 0.1) is 0 Å². The van der Waals surface area contributed by atoms with Gasteiger partial charge < -0.3 is 5.32 Å². The fourth-order valence-corrected chi connectivity index (χ4v) is 3.08. The summed E-state index contributed by atoms with van der Waals surface area (Å²) in [5, 5.41) is 3.27. The van der Waals surface area contributed by atoms with E-state index in [1.54, 1.807) is 0 Å². The lowest BCUT2D eigenvalue weighted by Crippen LogP contribution is -2.31. The molecule has 0 heterocycles. The van der Waals surface area contributed by atoms with E-state index in [-0.39, 0.29) is 17.5 Å². The number of hydrogen-bond acceptors (Lipinski definition) is 2. The third-order valence-electron chi connectivity index (χ3n) is 3.76. The molecule has 0 spiro atoms. The minimum Gasteiger partial charge on any atom is -0.313 e. The van der Waals surface area contributed by atoms with Gasteiger partial charge in [-0.25, -0.2) is 0 Å². The van der Waals surface area contributed by atoms with Crippen LogP contribution in [-0.2, 0) is 0 Å². The molecule has 1 fully saturated rings. The second-order valence-corrected chi connectivity index (χ2v) is 6.62. The van der Waals surface area contributed by atoms with Crippen molar-refractivity contribution in [3.05, 3.63) is 0 Å². The molecule has 0 aromatic rings. The van der Waals surface area contributed by atoms with Crippen LogP contribution in [0.4, 0.5) is 13.2 Å². The maximum Gasteiger partial charge on any atom is 0.441 e. The first-order valence-corrected chi connectivity index (χ1v) is 7.81. The molecule has 108 valence electrons. The topological polar surface area (TPSA) is 12.0 Å². The smallest absolute Gasteiger partial charge is 0.313 e. The Morgan fingerprint density at radius 1 is 1.17 bits per heavy atom. The van der Waals surface area contributed by atoms with Gasteiger partial charge in [0.2, 0.25) is 0 Å². The molecule has 2 unspecified atom stereocenters. The molecule has 0 radical (unpaired) electrons. The monoisotopic (exact) mass is 283 g/mol. The minimum absolute atomic E-state index is 0.0703. The molecule has 0 aliphatic heterocycles. The van der Waals surface area contributed by atoms with Crippen molar-refractivity contribution < 1.29 is 13.2 Å². The number of nitrogens with one attached hydrogen (secondary N) is 1. The average molecular weight is 283 g/mol. The van der Waals surface area contributed by atoms with Crippen LogP contribution in [-0.4, -0.2) is 23.8 Å². The van der Waals surface area contributed by atoms with Gasteiger partial charge in [-0.2, -0.15) is 13.2 Å². The van der Waals surface area contributed by atoms with Crippen LogP contribution in [0.25, 0.3) is 0 Å². The fourth-order valence-electron chi connectivity index (χ4n) is 2.63. The van der Waals surface area contributed by atoms with E-state index in [1.807, 2.05) is 0 Å². The summed E-state index contributed by atoms with van der Waals surface area (Å²) in [6, 6.07) is 0.419. The van der Waals surface area contributed by atoms with E-state index < -0.39 is 5.51 Å². The fraction of sp³-hybridized carbons (Fsp3) is 1.00. The zero-order valence-corrected chi connectivity index (χ0v) is 12.0. The first-order chi connectivity index (χ1) is 8.38. The molecule has 5 heteroatoms. The van der Waals surface area contributed by atoms with Gasteiger partial charge in [0.25, 0.3) is 0 Å². The molecular weight excluding hydrogens is 259 g/mol. The molecule has 0 aromatic heterocycles. The molecule has 0 saturated heterocycles. The molecule has 18 heavy (non-hydrogen) atoms. The molecule has 0 bridgehead atoms. The maximum atomic E-state index is 12.0. The summed E-state index contributed by atoms with van der Waals surface area (Å²) < 4.78 is 35.9. The van der Waals surface area contributed by atoms with Gasteiger partial charge in [-0.3, -0.25) is 0 Å². The van der Waals surface area contributed by atoms with E-state index in [0.29, 0.717) is 12.6 Å². The summed E-state index contributed by atoms with van der Waals surface area (Å²) >= 11 is 0.0703. The Morgan fingerprint density at radius 3 is 2.50 bits per heavy atom. The van der Waals surface area contributed by atoms with E-state index in [9.17, 15) is 13.2 Å². The number of hydrogen-bond donors (Lipinski definition) is 1. The van der Waals surface area contributed by atoms with Gasteiger partial charge in [0.15, 0.2) is 0 Å². The second-order valence-electron chi connectivity index (χ2n) is 5.46. The Morgan fingerprint density at radius 2 is 1.89 bits per heavy atom. The van der Waals surface area contributed by atoms with Crippen LogP contribution in [0, 0.1) is 11.8 Å². The van der Waals surface area contributed by atoms with Crippen LogP contribution in [0.15, 0.2) is 0 Å². The van der Waals surface area contributed by atoms with Crippen LogP contribution in [0.2, 0.25) is 0 Å². The van der Waals surface area contributed by atoms with Crippen molar-refractivity contribution in [3.8, 4) is 0 Å².